The fraction of sp³-hybridized carbons (Fsp3) is 0.192. The number of rotatable bonds is 5. The molecule has 1 heterocycles. The van der Waals surface area contributed by atoms with Gasteiger partial charge in [-0.05, 0) is 60.9 Å². The van der Waals surface area contributed by atoms with E-state index >= 15 is 0 Å². The van der Waals surface area contributed by atoms with Crippen LogP contribution in [-0.2, 0) is 12.0 Å². The summed E-state index contributed by atoms with van der Waals surface area (Å²) in [5.74, 6) is 0.732. The highest BCUT2D eigenvalue weighted by atomic mass is 19.1. The van der Waals surface area contributed by atoms with E-state index in [0.29, 0.717) is 18.1 Å². The predicted octanol–water partition coefficient (Wildman–Crippen LogP) is 6.13. The number of hydrogen-bond donors (Lipinski definition) is 1. The number of ether oxygens (including phenoxy) is 1. The lowest BCUT2D eigenvalue weighted by Gasteiger charge is -2.43. The SMILES string of the molecule is Oc1ccc(OCc2ccc3cc(F)ccc3n2)cc1C1(c2ccccc2)CCC1. The monoisotopic (exact) mass is 399 g/mol. The van der Waals surface area contributed by atoms with Crippen LogP contribution in [0.2, 0.25) is 0 Å². The summed E-state index contributed by atoms with van der Waals surface area (Å²) < 4.78 is 19.4. The van der Waals surface area contributed by atoms with Crippen LogP contribution in [0.25, 0.3) is 10.9 Å². The van der Waals surface area contributed by atoms with Gasteiger partial charge in [0.25, 0.3) is 0 Å². The number of phenolic OH excluding ortho intramolecular Hbond substituents is 1. The molecule has 0 spiro atoms. The molecule has 4 heteroatoms. The molecule has 0 unspecified atom stereocenters. The maximum atomic E-state index is 13.4. The van der Waals surface area contributed by atoms with E-state index in [1.54, 1.807) is 18.2 Å². The summed E-state index contributed by atoms with van der Waals surface area (Å²) in [6, 6.07) is 24.1. The minimum Gasteiger partial charge on any atom is -0.508 e. The smallest absolute Gasteiger partial charge is 0.130 e. The van der Waals surface area contributed by atoms with E-state index in [2.05, 4.69) is 17.1 Å². The number of phenols is 1. The summed E-state index contributed by atoms with van der Waals surface area (Å²) in [6.45, 7) is 0.301. The number of aromatic nitrogens is 1. The topological polar surface area (TPSA) is 42.4 Å². The normalized spacial score (nSPS) is 15.0. The molecule has 1 aromatic heterocycles. The van der Waals surface area contributed by atoms with Gasteiger partial charge >= 0.3 is 0 Å². The molecule has 1 aliphatic carbocycles. The zero-order chi connectivity index (χ0) is 20.6. The predicted molar refractivity (Wildman–Crippen MR) is 115 cm³/mol. The van der Waals surface area contributed by atoms with E-state index in [4.69, 9.17) is 4.74 Å². The van der Waals surface area contributed by atoms with Crippen molar-refractivity contribution in [2.24, 2.45) is 0 Å². The van der Waals surface area contributed by atoms with E-state index in [0.717, 1.165) is 41.4 Å². The minimum absolute atomic E-state index is 0.157. The first-order chi connectivity index (χ1) is 14.6. The molecule has 5 rings (SSSR count). The van der Waals surface area contributed by atoms with Crippen molar-refractivity contribution in [3.05, 3.63) is 102 Å². The zero-order valence-corrected chi connectivity index (χ0v) is 16.5. The van der Waals surface area contributed by atoms with Gasteiger partial charge in [0.05, 0.1) is 11.2 Å². The minimum atomic E-state index is -0.270. The van der Waals surface area contributed by atoms with Crippen molar-refractivity contribution in [3.63, 3.8) is 0 Å². The number of fused-ring (bicyclic) bond motifs is 1. The van der Waals surface area contributed by atoms with Gasteiger partial charge in [0.1, 0.15) is 23.9 Å². The maximum absolute atomic E-state index is 13.4. The first-order valence-electron chi connectivity index (χ1n) is 10.2. The van der Waals surface area contributed by atoms with Gasteiger partial charge in [0, 0.05) is 16.4 Å². The quantitative estimate of drug-likeness (QED) is 0.439. The third kappa shape index (κ3) is 3.28. The lowest BCUT2D eigenvalue weighted by atomic mass is 9.60. The van der Waals surface area contributed by atoms with Crippen molar-refractivity contribution in [1.82, 2.24) is 4.98 Å². The number of halogens is 1. The molecule has 0 radical (unpaired) electrons. The first kappa shape index (κ1) is 18.6. The Kier molecular flexibility index (Phi) is 4.62. The summed E-state index contributed by atoms with van der Waals surface area (Å²) >= 11 is 0. The second-order valence-electron chi connectivity index (χ2n) is 7.91. The Morgan fingerprint density at radius 2 is 1.77 bits per heavy atom. The standard InChI is InChI=1S/C26H22FNO2/c27-20-8-11-24-18(15-20)7-9-21(28-24)17-30-22-10-12-25(29)23(16-22)26(13-4-14-26)19-5-2-1-3-6-19/h1-3,5-12,15-16,29H,4,13-14,17H2. The van der Waals surface area contributed by atoms with E-state index in [9.17, 15) is 9.50 Å². The Bertz CT molecular complexity index is 1200. The molecule has 1 N–H and O–H groups in total. The molecule has 0 atom stereocenters. The van der Waals surface area contributed by atoms with Crippen LogP contribution in [0.15, 0.2) is 78.9 Å². The molecule has 1 fully saturated rings. The summed E-state index contributed by atoms with van der Waals surface area (Å²) in [7, 11) is 0. The van der Waals surface area contributed by atoms with Gasteiger partial charge in [-0.3, -0.25) is 0 Å². The van der Waals surface area contributed by atoms with Crippen LogP contribution < -0.4 is 4.74 Å². The Balaban J connectivity index is 1.41. The van der Waals surface area contributed by atoms with Crippen LogP contribution in [0.4, 0.5) is 4.39 Å². The summed E-state index contributed by atoms with van der Waals surface area (Å²) in [4.78, 5) is 4.55. The average molecular weight is 399 g/mol. The molecule has 0 bridgehead atoms. The van der Waals surface area contributed by atoms with Gasteiger partial charge in [-0.1, -0.05) is 42.8 Å². The molecule has 150 valence electrons. The van der Waals surface area contributed by atoms with Gasteiger partial charge < -0.3 is 9.84 Å². The van der Waals surface area contributed by atoms with Gasteiger partial charge in [-0.2, -0.15) is 0 Å². The Morgan fingerprint density at radius 1 is 0.933 bits per heavy atom. The summed E-state index contributed by atoms with van der Waals surface area (Å²) in [5.41, 5.74) is 3.49. The summed E-state index contributed by atoms with van der Waals surface area (Å²) in [6.07, 6.45) is 3.16. The van der Waals surface area contributed by atoms with Gasteiger partial charge in [-0.15, -0.1) is 0 Å². The average Bonchev–Trinajstić information content (AvgIpc) is 2.74. The van der Waals surface area contributed by atoms with E-state index in [-0.39, 0.29) is 11.2 Å². The lowest BCUT2D eigenvalue weighted by Crippen LogP contribution is -2.35. The number of benzene rings is 3. The van der Waals surface area contributed by atoms with Crippen molar-refractivity contribution in [3.8, 4) is 11.5 Å². The molecule has 30 heavy (non-hydrogen) atoms. The molecule has 0 aliphatic heterocycles. The van der Waals surface area contributed by atoms with E-state index in [1.807, 2.05) is 36.4 Å². The lowest BCUT2D eigenvalue weighted by molar-refractivity contribution is 0.280. The van der Waals surface area contributed by atoms with E-state index < -0.39 is 0 Å². The molecule has 4 aromatic rings. The fourth-order valence-corrected chi connectivity index (χ4v) is 4.37. The Morgan fingerprint density at radius 3 is 2.53 bits per heavy atom. The third-order valence-corrected chi connectivity index (χ3v) is 6.11. The highest BCUT2D eigenvalue weighted by molar-refractivity contribution is 5.78. The molecular weight excluding hydrogens is 377 g/mol. The molecule has 3 nitrogen and oxygen atoms in total. The van der Waals surface area contributed by atoms with E-state index in [1.165, 1.54) is 17.7 Å². The van der Waals surface area contributed by atoms with Crippen LogP contribution in [0, 0.1) is 5.82 Å². The van der Waals surface area contributed by atoms with Crippen molar-refractivity contribution in [1.29, 1.82) is 0 Å². The second kappa shape index (κ2) is 7.45. The second-order valence-corrected chi connectivity index (χ2v) is 7.91. The molecule has 3 aromatic carbocycles. The molecular formula is C26H22FNO2. The van der Waals surface area contributed by atoms with Crippen molar-refractivity contribution in [2.45, 2.75) is 31.3 Å². The largest absolute Gasteiger partial charge is 0.508 e. The number of nitrogens with zero attached hydrogens (tertiary/aromatic N) is 1. The molecule has 1 saturated carbocycles. The van der Waals surface area contributed by atoms with Gasteiger partial charge in [0.15, 0.2) is 0 Å². The maximum Gasteiger partial charge on any atom is 0.130 e. The van der Waals surface area contributed by atoms with Crippen LogP contribution in [0.5, 0.6) is 11.5 Å². The zero-order valence-electron chi connectivity index (χ0n) is 16.5. The van der Waals surface area contributed by atoms with Gasteiger partial charge in [-0.25, -0.2) is 9.37 Å². The highest BCUT2D eigenvalue weighted by Crippen LogP contribution is 2.52. The van der Waals surface area contributed by atoms with Crippen LogP contribution in [-0.4, -0.2) is 10.1 Å². The number of hydrogen-bond acceptors (Lipinski definition) is 3. The Labute approximate surface area is 174 Å². The number of aromatic hydroxyl groups is 1. The molecule has 0 saturated heterocycles. The van der Waals surface area contributed by atoms with Crippen molar-refractivity contribution in [2.75, 3.05) is 0 Å². The van der Waals surface area contributed by atoms with Crippen LogP contribution in [0.3, 0.4) is 0 Å². The fourth-order valence-electron chi connectivity index (χ4n) is 4.37. The van der Waals surface area contributed by atoms with Crippen molar-refractivity contribution < 1.29 is 14.2 Å². The molecule has 1 aliphatic rings. The summed E-state index contributed by atoms with van der Waals surface area (Å²) in [5, 5.41) is 11.4. The Hall–Kier alpha value is -3.40. The van der Waals surface area contributed by atoms with Gasteiger partial charge in [0.2, 0.25) is 0 Å². The number of pyridine rings is 1. The van der Waals surface area contributed by atoms with Crippen LogP contribution in [0.1, 0.15) is 36.1 Å². The highest BCUT2D eigenvalue weighted by Gasteiger charge is 2.42. The van der Waals surface area contributed by atoms with Crippen molar-refractivity contribution >= 4 is 10.9 Å². The first-order valence-corrected chi connectivity index (χ1v) is 10.2. The van der Waals surface area contributed by atoms with Crippen LogP contribution >= 0.6 is 0 Å². The third-order valence-electron chi connectivity index (χ3n) is 6.11. The molecule has 0 amide bonds.